The predicted molar refractivity (Wildman–Crippen MR) is 62.3 cm³/mol. The molecule has 0 aliphatic rings. The molecule has 1 rings (SSSR count). The fourth-order valence-electron chi connectivity index (χ4n) is 1.43. The Morgan fingerprint density at radius 2 is 2.06 bits per heavy atom. The largest absolute Gasteiger partial charge is 0.342 e. The normalized spacial score (nSPS) is 10.1. The summed E-state index contributed by atoms with van der Waals surface area (Å²) in [6, 6.07) is 0. The molecule has 94 valence electrons. The SMILES string of the molecule is CCN(CC)C(=O)Cn1cc(NC(C)=O)nn1. The van der Waals surface area contributed by atoms with Gasteiger partial charge in [-0.25, -0.2) is 4.68 Å². The van der Waals surface area contributed by atoms with Crippen LogP contribution in [0, 0.1) is 0 Å². The fourth-order valence-corrected chi connectivity index (χ4v) is 1.43. The number of likely N-dealkylation sites (N-methyl/N-ethyl adjacent to an activating group) is 1. The second kappa shape index (κ2) is 5.97. The van der Waals surface area contributed by atoms with Crippen LogP contribution < -0.4 is 5.32 Å². The summed E-state index contributed by atoms with van der Waals surface area (Å²) in [7, 11) is 0. The third-order valence-corrected chi connectivity index (χ3v) is 2.26. The van der Waals surface area contributed by atoms with Crippen molar-refractivity contribution in [3.63, 3.8) is 0 Å². The molecule has 7 heteroatoms. The summed E-state index contributed by atoms with van der Waals surface area (Å²) in [6.07, 6.45) is 1.53. The summed E-state index contributed by atoms with van der Waals surface area (Å²) in [6.45, 7) is 6.70. The van der Waals surface area contributed by atoms with E-state index in [0.717, 1.165) is 0 Å². The molecule has 0 aliphatic carbocycles. The topological polar surface area (TPSA) is 80.1 Å². The molecule has 0 aromatic carbocycles. The summed E-state index contributed by atoms with van der Waals surface area (Å²) in [5, 5.41) is 9.99. The molecule has 0 atom stereocenters. The summed E-state index contributed by atoms with van der Waals surface area (Å²) >= 11 is 0. The minimum absolute atomic E-state index is 0.0192. The number of aromatic nitrogens is 3. The van der Waals surface area contributed by atoms with Gasteiger partial charge in [-0.15, -0.1) is 5.10 Å². The molecule has 0 spiro atoms. The van der Waals surface area contributed by atoms with Gasteiger partial charge in [-0.1, -0.05) is 5.21 Å². The highest BCUT2D eigenvalue weighted by molar-refractivity contribution is 5.87. The van der Waals surface area contributed by atoms with Gasteiger partial charge in [0.1, 0.15) is 6.54 Å². The Morgan fingerprint density at radius 1 is 1.41 bits per heavy atom. The number of carbonyl (C=O) groups is 2. The van der Waals surface area contributed by atoms with E-state index < -0.39 is 0 Å². The van der Waals surface area contributed by atoms with Gasteiger partial charge in [0.05, 0.1) is 6.20 Å². The molecule has 0 saturated carbocycles. The van der Waals surface area contributed by atoms with Gasteiger partial charge in [0.2, 0.25) is 11.8 Å². The van der Waals surface area contributed by atoms with Crippen LogP contribution in [0.2, 0.25) is 0 Å². The molecule has 1 heterocycles. The lowest BCUT2D eigenvalue weighted by atomic mass is 10.4. The number of amides is 2. The van der Waals surface area contributed by atoms with E-state index in [1.165, 1.54) is 17.8 Å². The van der Waals surface area contributed by atoms with E-state index in [0.29, 0.717) is 18.9 Å². The van der Waals surface area contributed by atoms with Gasteiger partial charge >= 0.3 is 0 Å². The van der Waals surface area contributed by atoms with Crippen molar-refractivity contribution >= 4 is 17.6 Å². The van der Waals surface area contributed by atoms with E-state index >= 15 is 0 Å². The van der Waals surface area contributed by atoms with Crippen LogP contribution in [0.1, 0.15) is 20.8 Å². The number of carbonyl (C=O) groups excluding carboxylic acids is 2. The molecule has 0 fully saturated rings. The van der Waals surface area contributed by atoms with Gasteiger partial charge in [0.15, 0.2) is 5.82 Å². The molecule has 0 saturated heterocycles. The Kier molecular flexibility index (Phi) is 4.62. The standard InChI is InChI=1S/C10H17N5O2/c1-4-14(5-2)10(17)7-15-6-9(12-13-15)11-8(3)16/h6H,4-5,7H2,1-3H3,(H,11,16). The van der Waals surface area contributed by atoms with Crippen molar-refractivity contribution in [2.24, 2.45) is 0 Å². The van der Waals surface area contributed by atoms with Crippen molar-refractivity contribution in [2.75, 3.05) is 18.4 Å². The summed E-state index contributed by atoms with van der Waals surface area (Å²) in [5.41, 5.74) is 0. The Balaban J connectivity index is 2.59. The second-order valence-corrected chi connectivity index (χ2v) is 3.55. The fraction of sp³-hybridized carbons (Fsp3) is 0.600. The van der Waals surface area contributed by atoms with Crippen molar-refractivity contribution in [1.82, 2.24) is 19.9 Å². The maximum Gasteiger partial charge on any atom is 0.244 e. The average molecular weight is 239 g/mol. The van der Waals surface area contributed by atoms with E-state index in [9.17, 15) is 9.59 Å². The molecule has 1 aromatic rings. The molecule has 1 N–H and O–H groups in total. The first-order chi connectivity index (χ1) is 8.06. The molecule has 0 bridgehead atoms. The van der Waals surface area contributed by atoms with Crippen LogP contribution in [-0.4, -0.2) is 44.8 Å². The van der Waals surface area contributed by atoms with Gasteiger partial charge in [-0.2, -0.15) is 0 Å². The molecule has 0 radical (unpaired) electrons. The minimum Gasteiger partial charge on any atom is -0.342 e. The maximum atomic E-state index is 11.8. The highest BCUT2D eigenvalue weighted by Gasteiger charge is 2.11. The number of rotatable bonds is 5. The van der Waals surface area contributed by atoms with Crippen LogP contribution in [0.25, 0.3) is 0 Å². The molecule has 0 aliphatic heterocycles. The van der Waals surface area contributed by atoms with Crippen molar-refractivity contribution < 1.29 is 9.59 Å². The van der Waals surface area contributed by atoms with Crippen molar-refractivity contribution in [1.29, 1.82) is 0 Å². The lowest BCUT2D eigenvalue weighted by Crippen LogP contribution is -2.33. The minimum atomic E-state index is -0.216. The van der Waals surface area contributed by atoms with Crippen LogP contribution >= 0.6 is 0 Å². The second-order valence-electron chi connectivity index (χ2n) is 3.55. The third kappa shape index (κ3) is 3.86. The Morgan fingerprint density at radius 3 is 2.59 bits per heavy atom. The van der Waals surface area contributed by atoms with E-state index in [4.69, 9.17) is 0 Å². The molecular formula is C10H17N5O2. The predicted octanol–water partition coefficient (Wildman–Crippen LogP) is 0.105. The van der Waals surface area contributed by atoms with E-state index in [2.05, 4.69) is 15.6 Å². The van der Waals surface area contributed by atoms with Crippen molar-refractivity contribution in [3.05, 3.63) is 6.20 Å². The smallest absolute Gasteiger partial charge is 0.244 e. The summed E-state index contributed by atoms with van der Waals surface area (Å²) in [5.74, 6) is 0.117. The first-order valence-electron chi connectivity index (χ1n) is 5.52. The van der Waals surface area contributed by atoms with Gasteiger partial charge in [0.25, 0.3) is 0 Å². The van der Waals surface area contributed by atoms with Crippen LogP contribution in [0.5, 0.6) is 0 Å². The van der Waals surface area contributed by atoms with Crippen LogP contribution in [0.15, 0.2) is 6.20 Å². The van der Waals surface area contributed by atoms with E-state index in [1.54, 1.807) is 4.90 Å². The Bertz CT molecular complexity index is 397. The zero-order valence-corrected chi connectivity index (χ0v) is 10.3. The van der Waals surface area contributed by atoms with Gasteiger partial charge < -0.3 is 10.2 Å². The van der Waals surface area contributed by atoms with Gasteiger partial charge in [0, 0.05) is 20.0 Å². The van der Waals surface area contributed by atoms with Gasteiger partial charge in [-0.3, -0.25) is 9.59 Å². The lowest BCUT2D eigenvalue weighted by Gasteiger charge is -2.17. The van der Waals surface area contributed by atoms with Crippen LogP contribution in [0.3, 0.4) is 0 Å². The van der Waals surface area contributed by atoms with Crippen molar-refractivity contribution in [2.45, 2.75) is 27.3 Å². The summed E-state index contributed by atoms with van der Waals surface area (Å²) in [4.78, 5) is 24.2. The Hall–Kier alpha value is -1.92. The quantitative estimate of drug-likeness (QED) is 0.790. The molecule has 0 unspecified atom stereocenters. The lowest BCUT2D eigenvalue weighted by molar-refractivity contribution is -0.131. The highest BCUT2D eigenvalue weighted by atomic mass is 16.2. The number of nitrogens with zero attached hydrogens (tertiary/aromatic N) is 4. The molecule has 2 amide bonds. The van der Waals surface area contributed by atoms with E-state index in [1.807, 2.05) is 13.8 Å². The number of hydrogen-bond acceptors (Lipinski definition) is 4. The molecule has 1 aromatic heterocycles. The zero-order valence-electron chi connectivity index (χ0n) is 10.3. The third-order valence-electron chi connectivity index (χ3n) is 2.26. The zero-order chi connectivity index (χ0) is 12.8. The van der Waals surface area contributed by atoms with Gasteiger partial charge in [-0.05, 0) is 13.8 Å². The monoisotopic (exact) mass is 239 g/mol. The average Bonchev–Trinajstić information content (AvgIpc) is 2.66. The number of nitrogens with one attached hydrogen (secondary N) is 1. The van der Waals surface area contributed by atoms with Crippen molar-refractivity contribution in [3.8, 4) is 0 Å². The molecular weight excluding hydrogens is 222 g/mol. The molecule has 17 heavy (non-hydrogen) atoms. The summed E-state index contributed by atoms with van der Waals surface area (Å²) < 4.78 is 1.41. The number of hydrogen-bond donors (Lipinski definition) is 1. The van der Waals surface area contributed by atoms with E-state index in [-0.39, 0.29) is 18.4 Å². The number of anilines is 1. The van der Waals surface area contributed by atoms with Crippen LogP contribution in [-0.2, 0) is 16.1 Å². The Labute approximate surface area is 99.8 Å². The molecule has 7 nitrogen and oxygen atoms in total. The van der Waals surface area contributed by atoms with Crippen LogP contribution in [0.4, 0.5) is 5.82 Å². The first-order valence-corrected chi connectivity index (χ1v) is 5.52. The first kappa shape index (κ1) is 13.1. The maximum absolute atomic E-state index is 11.8. The highest BCUT2D eigenvalue weighted by Crippen LogP contribution is 2.00.